The monoisotopic (exact) mass is 325 g/mol. The summed E-state index contributed by atoms with van der Waals surface area (Å²) in [5.74, 6) is 0. The first-order valence-electron chi connectivity index (χ1n) is 10.3. The standard InChI is InChI=1S/C21H43NO/c1-2-3-4-5-6-7-8-9-10-11-12-13-14-15-16-17-18-19-21(22)20-23/h18-19,21,23H,2-17,20,22H2,1H3/b19-18+. The molecule has 0 amide bonds. The van der Waals surface area contributed by atoms with E-state index in [1.54, 1.807) is 0 Å². The van der Waals surface area contributed by atoms with E-state index in [1.807, 2.05) is 6.08 Å². The first-order valence-corrected chi connectivity index (χ1v) is 10.3. The van der Waals surface area contributed by atoms with Crippen LogP contribution in [0.3, 0.4) is 0 Å². The normalized spacial score (nSPS) is 13.0. The van der Waals surface area contributed by atoms with Gasteiger partial charge in [0.05, 0.1) is 6.61 Å². The average Bonchev–Trinajstić information content (AvgIpc) is 2.57. The van der Waals surface area contributed by atoms with Crippen molar-refractivity contribution in [1.82, 2.24) is 0 Å². The summed E-state index contributed by atoms with van der Waals surface area (Å²) in [5.41, 5.74) is 5.60. The predicted molar refractivity (Wildman–Crippen MR) is 104 cm³/mol. The molecule has 0 spiro atoms. The van der Waals surface area contributed by atoms with Crippen LogP contribution in [0.2, 0.25) is 0 Å². The van der Waals surface area contributed by atoms with Crippen molar-refractivity contribution in [2.45, 2.75) is 116 Å². The molecule has 0 saturated heterocycles. The van der Waals surface area contributed by atoms with Crippen LogP contribution in [-0.2, 0) is 0 Å². The minimum Gasteiger partial charge on any atom is -0.394 e. The zero-order chi connectivity index (χ0) is 17.0. The van der Waals surface area contributed by atoms with E-state index in [4.69, 9.17) is 10.8 Å². The maximum atomic E-state index is 8.79. The SMILES string of the molecule is CCCCCCCCCCCCCCCCC/C=C/C(N)CO. The van der Waals surface area contributed by atoms with Crippen molar-refractivity contribution in [1.29, 1.82) is 0 Å². The molecule has 0 aliphatic carbocycles. The van der Waals surface area contributed by atoms with E-state index < -0.39 is 0 Å². The molecule has 23 heavy (non-hydrogen) atoms. The Labute approximate surface area is 145 Å². The highest BCUT2D eigenvalue weighted by molar-refractivity contribution is 4.90. The Hall–Kier alpha value is -0.340. The van der Waals surface area contributed by atoms with Gasteiger partial charge in [-0.2, -0.15) is 0 Å². The van der Waals surface area contributed by atoms with Crippen LogP contribution in [0, 0.1) is 0 Å². The summed E-state index contributed by atoms with van der Waals surface area (Å²) < 4.78 is 0. The molecule has 1 unspecified atom stereocenters. The van der Waals surface area contributed by atoms with Crippen LogP contribution in [-0.4, -0.2) is 17.8 Å². The van der Waals surface area contributed by atoms with Gasteiger partial charge in [0.25, 0.3) is 0 Å². The number of aliphatic hydroxyl groups is 1. The molecule has 0 heterocycles. The molecule has 138 valence electrons. The summed E-state index contributed by atoms with van der Waals surface area (Å²) in [5, 5.41) is 8.79. The van der Waals surface area contributed by atoms with Gasteiger partial charge in [-0.05, 0) is 12.8 Å². The molecule has 0 saturated carbocycles. The van der Waals surface area contributed by atoms with E-state index in [1.165, 1.54) is 96.3 Å². The van der Waals surface area contributed by atoms with Crippen LogP contribution in [0.15, 0.2) is 12.2 Å². The third kappa shape index (κ3) is 19.6. The third-order valence-electron chi connectivity index (χ3n) is 4.57. The Morgan fingerprint density at radius 2 is 1.09 bits per heavy atom. The fraction of sp³-hybridized carbons (Fsp3) is 0.905. The third-order valence-corrected chi connectivity index (χ3v) is 4.57. The van der Waals surface area contributed by atoms with Crippen LogP contribution in [0.4, 0.5) is 0 Å². The molecule has 0 rings (SSSR count). The first-order chi connectivity index (χ1) is 11.3. The van der Waals surface area contributed by atoms with Crippen LogP contribution in [0.1, 0.15) is 110 Å². The fourth-order valence-electron chi connectivity index (χ4n) is 2.97. The highest BCUT2D eigenvalue weighted by atomic mass is 16.3. The maximum Gasteiger partial charge on any atom is 0.0618 e. The van der Waals surface area contributed by atoms with Crippen molar-refractivity contribution in [2.75, 3.05) is 6.61 Å². The lowest BCUT2D eigenvalue weighted by atomic mass is 10.0. The quantitative estimate of drug-likeness (QED) is 0.235. The topological polar surface area (TPSA) is 46.2 Å². The molecule has 0 radical (unpaired) electrons. The Kier molecular flexibility index (Phi) is 19.4. The van der Waals surface area contributed by atoms with Crippen LogP contribution in [0.25, 0.3) is 0 Å². The maximum absolute atomic E-state index is 8.79. The zero-order valence-electron chi connectivity index (χ0n) is 15.8. The van der Waals surface area contributed by atoms with Gasteiger partial charge in [0.2, 0.25) is 0 Å². The zero-order valence-corrected chi connectivity index (χ0v) is 15.8. The second-order valence-corrected chi connectivity index (χ2v) is 7.01. The minimum absolute atomic E-state index is 0.0509. The molecule has 0 fully saturated rings. The number of allylic oxidation sites excluding steroid dienone is 1. The predicted octanol–water partition coefficient (Wildman–Crippen LogP) is 6.12. The van der Waals surface area contributed by atoms with Gasteiger partial charge in [0.1, 0.15) is 0 Å². The van der Waals surface area contributed by atoms with Crippen molar-refractivity contribution in [3.63, 3.8) is 0 Å². The number of aliphatic hydroxyl groups excluding tert-OH is 1. The lowest BCUT2D eigenvalue weighted by molar-refractivity contribution is 0.284. The molecule has 0 aliphatic heterocycles. The van der Waals surface area contributed by atoms with Crippen LogP contribution in [0.5, 0.6) is 0 Å². The van der Waals surface area contributed by atoms with Crippen molar-refractivity contribution < 1.29 is 5.11 Å². The van der Waals surface area contributed by atoms with Crippen molar-refractivity contribution in [2.24, 2.45) is 5.73 Å². The summed E-state index contributed by atoms with van der Waals surface area (Å²) in [6.45, 7) is 2.33. The lowest BCUT2D eigenvalue weighted by Crippen LogP contribution is -2.20. The molecule has 0 aromatic rings. The smallest absolute Gasteiger partial charge is 0.0618 e. The lowest BCUT2D eigenvalue weighted by Gasteiger charge is -2.03. The Morgan fingerprint density at radius 3 is 1.48 bits per heavy atom. The highest BCUT2D eigenvalue weighted by Gasteiger charge is 1.94. The van der Waals surface area contributed by atoms with Gasteiger partial charge in [-0.25, -0.2) is 0 Å². The summed E-state index contributed by atoms with van der Waals surface area (Å²) in [6.07, 6.45) is 26.3. The summed E-state index contributed by atoms with van der Waals surface area (Å²) in [7, 11) is 0. The summed E-state index contributed by atoms with van der Waals surface area (Å²) >= 11 is 0. The molecule has 3 N–H and O–H groups in total. The molecule has 0 aromatic heterocycles. The van der Waals surface area contributed by atoms with E-state index in [2.05, 4.69) is 13.0 Å². The number of nitrogens with two attached hydrogens (primary N) is 1. The van der Waals surface area contributed by atoms with Crippen molar-refractivity contribution in [3.05, 3.63) is 12.2 Å². The van der Waals surface area contributed by atoms with Gasteiger partial charge in [-0.15, -0.1) is 0 Å². The number of hydrogen-bond donors (Lipinski definition) is 2. The van der Waals surface area contributed by atoms with Gasteiger partial charge in [0, 0.05) is 6.04 Å². The average molecular weight is 326 g/mol. The second-order valence-electron chi connectivity index (χ2n) is 7.01. The Bertz CT molecular complexity index is 240. The van der Waals surface area contributed by atoms with Gasteiger partial charge >= 0.3 is 0 Å². The van der Waals surface area contributed by atoms with Crippen LogP contribution >= 0.6 is 0 Å². The van der Waals surface area contributed by atoms with E-state index in [-0.39, 0.29) is 12.6 Å². The molecule has 0 aromatic carbocycles. The minimum atomic E-state index is -0.175. The molecule has 0 aliphatic rings. The van der Waals surface area contributed by atoms with E-state index in [9.17, 15) is 0 Å². The van der Waals surface area contributed by atoms with E-state index in [0.29, 0.717) is 0 Å². The molecular formula is C21H43NO. The van der Waals surface area contributed by atoms with Gasteiger partial charge in [-0.3, -0.25) is 0 Å². The Morgan fingerprint density at radius 1 is 0.696 bits per heavy atom. The van der Waals surface area contributed by atoms with Crippen LogP contribution < -0.4 is 5.73 Å². The highest BCUT2D eigenvalue weighted by Crippen LogP contribution is 2.13. The molecule has 0 bridgehead atoms. The van der Waals surface area contributed by atoms with Gasteiger partial charge < -0.3 is 10.8 Å². The van der Waals surface area contributed by atoms with Gasteiger partial charge in [-0.1, -0.05) is 109 Å². The second kappa shape index (κ2) is 19.7. The van der Waals surface area contributed by atoms with E-state index >= 15 is 0 Å². The van der Waals surface area contributed by atoms with Crippen molar-refractivity contribution in [3.8, 4) is 0 Å². The Balaban J connectivity index is 3.04. The van der Waals surface area contributed by atoms with E-state index in [0.717, 1.165) is 6.42 Å². The fourth-order valence-corrected chi connectivity index (χ4v) is 2.97. The largest absolute Gasteiger partial charge is 0.394 e. The molecular weight excluding hydrogens is 282 g/mol. The molecule has 1 atom stereocenters. The first kappa shape index (κ1) is 22.7. The molecule has 2 nitrogen and oxygen atoms in total. The van der Waals surface area contributed by atoms with Crippen molar-refractivity contribution >= 4 is 0 Å². The van der Waals surface area contributed by atoms with Gasteiger partial charge in [0.15, 0.2) is 0 Å². The molecule has 2 heteroatoms. The number of rotatable bonds is 18. The number of unbranched alkanes of at least 4 members (excludes halogenated alkanes) is 15. The summed E-state index contributed by atoms with van der Waals surface area (Å²) in [6, 6.07) is -0.175. The summed E-state index contributed by atoms with van der Waals surface area (Å²) in [4.78, 5) is 0. The number of hydrogen-bond acceptors (Lipinski definition) is 2.